The highest BCUT2D eigenvalue weighted by molar-refractivity contribution is 5.36. The van der Waals surface area contributed by atoms with E-state index in [1.165, 1.54) is 12.1 Å². The first-order chi connectivity index (χ1) is 8.15. The standard InChI is InChI=1S/C14H13FO2/c1-10-5-6-11(14(16)7-10)9-17-13-4-2-3-12(15)8-13/h2-8,16H,9H2,1H3. The van der Waals surface area contributed by atoms with Crippen LogP contribution in [0.2, 0.25) is 0 Å². The maximum atomic E-state index is 12.9. The van der Waals surface area contributed by atoms with E-state index in [0.29, 0.717) is 11.3 Å². The highest BCUT2D eigenvalue weighted by atomic mass is 19.1. The third-order valence-corrected chi connectivity index (χ3v) is 2.43. The molecule has 88 valence electrons. The van der Waals surface area contributed by atoms with Crippen LogP contribution in [0, 0.1) is 12.7 Å². The summed E-state index contributed by atoms with van der Waals surface area (Å²) in [6, 6.07) is 11.3. The third kappa shape index (κ3) is 2.97. The molecular formula is C14H13FO2. The molecule has 0 fully saturated rings. The van der Waals surface area contributed by atoms with Gasteiger partial charge in [-0.05, 0) is 30.7 Å². The Bertz CT molecular complexity index is 523. The van der Waals surface area contributed by atoms with E-state index in [4.69, 9.17) is 4.74 Å². The molecule has 2 nitrogen and oxygen atoms in total. The first-order valence-corrected chi connectivity index (χ1v) is 5.32. The minimum atomic E-state index is -0.337. The van der Waals surface area contributed by atoms with E-state index in [9.17, 15) is 9.50 Å². The first-order valence-electron chi connectivity index (χ1n) is 5.32. The molecule has 17 heavy (non-hydrogen) atoms. The molecule has 0 aromatic heterocycles. The average molecular weight is 232 g/mol. The zero-order chi connectivity index (χ0) is 12.3. The lowest BCUT2D eigenvalue weighted by atomic mass is 10.1. The molecule has 0 unspecified atom stereocenters. The number of rotatable bonds is 3. The summed E-state index contributed by atoms with van der Waals surface area (Å²) in [6.07, 6.45) is 0. The largest absolute Gasteiger partial charge is 0.508 e. The van der Waals surface area contributed by atoms with Crippen LogP contribution in [0.3, 0.4) is 0 Å². The van der Waals surface area contributed by atoms with Gasteiger partial charge in [-0.25, -0.2) is 4.39 Å². The number of phenolic OH excluding ortho intramolecular Hbond substituents is 1. The van der Waals surface area contributed by atoms with Crippen molar-refractivity contribution >= 4 is 0 Å². The minimum absolute atomic E-state index is 0.196. The fraction of sp³-hybridized carbons (Fsp3) is 0.143. The molecule has 2 rings (SSSR count). The molecule has 0 amide bonds. The second kappa shape index (κ2) is 4.87. The molecule has 0 radical (unpaired) electrons. The fourth-order valence-electron chi connectivity index (χ4n) is 1.51. The SMILES string of the molecule is Cc1ccc(COc2cccc(F)c2)c(O)c1. The van der Waals surface area contributed by atoms with E-state index in [-0.39, 0.29) is 18.2 Å². The number of aromatic hydroxyl groups is 1. The van der Waals surface area contributed by atoms with Crippen LogP contribution in [-0.2, 0) is 6.61 Å². The maximum Gasteiger partial charge on any atom is 0.126 e. The van der Waals surface area contributed by atoms with Crippen molar-refractivity contribution in [2.75, 3.05) is 0 Å². The summed E-state index contributed by atoms with van der Waals surface area (Å²) in [4.78, 5) is 0. The van der Waals surface area contributed by atoms with Gasteiger partial charge in [-0.3, -0.25) is 0 Å². The summed E-state index contributed by atoms with van der Waals surface area (Å²) in [5, 5.41) is 9.67. The predicted octanol–water partition coefficient (Wildman–Crippen LogP) is 3.42. The first kappa shape index (κ1) is 11.5. The summed E-state index contributed by atoms with van der Waals surface area (Å²) >= 11 is 0. The normalized spacial score (nSPS) is 10.2. The lowest BCUT2D eigenvalue weighted by Crippen LogP contribution is -1.96. The monoisotopic (exact) mass is 232 g/mol. The lowest BCUT2D eigenvalue weighted by molar-refractivity contribution is 0.297. The second-order valence-electron chi connectivity index (χ2n) is 3.88. The van der Waals surface area contributed by atoms with E-state index in [2.05, 4.69) is 0 Å². The zero-order valence-electron chi connectivity index (χ0n) is 9.48. The number of phenols is 1. The van der Waals surface area contributed by atoms with Crippen molar-refractivity contribution in [2.45, 2.75) is 13.5 Å². The molecule has 0 saturated heterocycles. The molecule has 0 atom stereocenters. The van der Waals surface area contributed by atoms with Crippen LogP contribution < -0.4 is 4.74 Å². The molecular weight excluding hydrogens is 219 g/mol. The third-order valence-electron chi connectivity index (χ3n) is 2.43. The molecule has 3 heteroatoms. The van der Waals surface area contributed by atoms with Crippen molar-refractivity contribution < 1.29 is 14.2 Å². The highest BCUT2D eigenvalue weighted by Crippen LogP contribution is 2.21. The molecule has 0 bridgehead atoms. The second-order valence-corrected chi connectivity index (χ2v) is 3.88. The molecule has 1 N–H and O–H groups in total. The summed E-state index contributed by atoms with van der Waals surface area (Å²) in [5.74, 6) is 0.307. The van der Waals surface area contributed by atoms with Crippen LogP contribution in [-0.4, -0.2) is 5.11 Å². The van der Waals surface area contributed by atoms with E-state index < -0.39 is 0 Å². The van der Waals surface area contributed by atoms with Crippen LogP contribution in [0.4, 0.5) is 4.39 Å². The smallest absolute Gasteiger partial charge is 0.126 e. The molecule has 0 heterocycles. The van der Waals surface area contributed by atoms with Crippen molar-refractivity contribution in [1.29, 1.82) is 0 Å². The van der Waals surface area contributed by atoms with Gasteiger partial charge in [-0.15, -0.1) is 0 Å². The number of halogens is 1. The molecule has 0 spiro atoms. The van der Waals surface area contributed by atoms with Gasteiger partial charge >= 0.3 is 0 Å². The van der Waals surface area contributed by atoms with E-state index in [1.54, 1.807) is 24.3 Å². The van der Waals surface area contributed by atoms with Crippen LogP contribution in [0.15, 0.2) is 42.5 Å². The van der Waals surface area contributed by atoms with Gasteiger partial charge in [-0.2, -0.15) is 0 Å². The molecule has 0 aliphatic carbocycles. The molecule has 2 aromatic carbocycles. The van der Waals surface area contributed by atoms with Crippen LogP contribution in [0.1, 0.15) is 11.1 Å². The average Bonchev–Trinajstić information content (AvgIpc) is 2.28. The predicted molar refractivity (Wildman–Crippen MR) is 63.6 cm³/mol. The van der Waals surface area contributed by atoms with Crippen molar-refractivity contribution in [2.24, 2.45) is 0 Å². The highest BCUT2D eigenvalue weighted by Gasteiger charge is 2.02. The van der Waals surface area contributed by atoms with Crippen molar-refractivity contribution in [3.63, 3.8) is 0 Å². The Kier molecular flexibility index (Phi) is 3.28. The Morgan fingerprint density at radius 1 is 1.18 bits per heavy atom. The molecule has 0 aliphatic rings. The Morgan fingerprint density at radius 2 is 2.00 bits per heavy atom. The van der Waals surface area contributed by atoms with Gasteiger partial charge in [0.1, 0.15) is 23.9 Å². The van der Waals surface area contributed by atoms with Gasteiger partial charge in [0.05, 0.1) is 0 Å². The summed E-state index contributed by atoms with van der Waals surface area (Å²) in [5.41, 5.74) is 1.66. The van der Waals surface area contributed by atoms with Crippen LogP contribution in [0.5, 0.6) is 11.5 Å². The zero-order valence-corrected chi connectivity index (χ0v) is 9.48. The minimum Gasteiger partial charge on any atom is -0.508 e. The van der Waals surface area contributed by atoms with Gasteiger partial charge in [-0.1, -0.05) is 18.2 Å². The number of hydrogen-bond acceptors (Lipinski definition) is 2. The Balaban J connectivity index is 2.07. The van der Waals surface area contributed by atoms with Gasteiger partial charge in [0.25, 0.3) is 0 Å². The van der Waals surface area contributed by atoms with Crippen LogP contribution in [0.25, 0.3) is 0 Å². The number of hydrogen-bond donors (Lipinski definition) is 1. The summed E-state index contributed by atoms with van der Waals surface area (Å²) < 4.78 is 18.3. The molecule has 2 aromatic rings. The maximum absolute atomic E-state index is 12.9. The van der Waals surface area contributed by atoms with Crippen molar-refractivity contribution in [1.82, 2.24) is 0 Å². The summed E-state index contributed by atoms with van der Waals surface area (Å²) in [6.45, 7) is 2.12. The summed E-state index contributed by atoms with van der Waals surface area (Å²) in [7, 11) is 0. The fourth-order valence-corrected chi connectivity index (χ4v) is 1.51. The number of ether oxygens (including phenoxy) is 1. The Morgan fingerprint density at radius 3 is 2.71 bits per heavy atom. The Hall–Kier alpha value is -2.03. The molecule has 0 saturated carbocycles. The van der Waals surface area contributed by atoms with Crippen molar-refractivity contribution in [3.8, 4) is 11.5 Å². The van der Waals surface area contributed by atoms with E-state index >= 15 is 0 Å². The lowest BCUT2D eigenvalue weighted by Gasteiger charge is -2.08. The van der Waals surface area contributed by atoms with Crippen molar-refractivity contribution in [3.05, 3.63) is 59.4 Å². The van der Waals surface area contributed by atoms with Crippen LogP contribution >= 0.6 is 0 Å². The van der Waals surface area contributed by atoms with Gasteiger partial charge < -0.3 is 9.84 Å². The topological polar surface area (TPSA) is 29.5 Å². The van der Waals surface area contributed by atoms with Gasteiger partial charge in [0.15, 0.2) is 0 Å². The molecule has 0 aliphatic heterocycles. The number of benzene rings is 2. The van der Waals surface area contributed by atoms with Gasteiger partial charge in [0, 0.05) is 11.6 Å². The van der Waals surface area contributed by atoms with Gasteiger partial charge in [0.2, 0.25) is 0 Å². The van der Waals surface area contributed by atoms with E-state index in [0.717, 1.165) is 5.56 Å². The number of aryl methyl sites for hydroxylation is 1. The van der Waals surface area contributed by atoms with E-state index in [1.807, 2.05) is 13.0 Å². The Labute approximate surface area is 99.3 Å². The quantitative estimate of drug-likeness (QED) is 0.878.